The first kappa shape index (κ1) is 30.7. The molecule has 0 aliphatic rings. The Morgan fingerprint density at radius 2 is 0.926 bits per heavy atom. The summed E-state index contributed by atoms with van der Waals surface area (Å²) in [5.74, 6) is 1.94. The fraction of sp³-hybridized carbons (Fsp3) is 0. The molecule has 0 saturated heterocycles. The van der Waals surface area contributed by atoms with Crippen LogP contribution in [0.25, 0.3) is 109 Å². The molecule has 11 aromatic rings. The van der Waals surface area contributed by atoms with Crippen LogP contribution in [0.2, 0.25) is 0 Å². The third-order valence-corrected chi connectivity index (χ3v) is 11.5. The van der Waals surface area contributed by atoms with E-state index in [2.05, 4.69) is 152 Å². The van der Waals surface area contributed by atoms with Crippen LogP contribution in [0.4, 0.5) is 0 Å². The second-order valence-electron chi connectivity index (χ2n) is 13.6. The zero-order chi connectivity index (χ0) is 35.6. The highest BCUT2D eigenvalue weighted by Gasteiger charge is 2.18. The molecule has 3 heterocycles. The summed E-state index contributed by atoms with van der Waals surface area (Å²) >= 11 is 1.80. The smallest absolute Gasteiger partial charge is 0.164 e. The summed E-state index contributed by atoms with van der Waals surface area (Å²) < 4.78 is 8.66. The van der Waals surface area contributed by atoms with Gasteiger partial charge in [0.15, 0.2) is 17.5 Å². The molecule has 252 valence electrons. The summed E-state index contributed by atoms with van der Waals surface area (Å²) in [4.78, 5) is 15.5. The van der Waals surface area contributed by atoms with Crippen molar-refractivity contribution in [2.24, 2.45) is 0 Å². The molecule has 0 amide bonds. The molecule has 0 radical (unpaired) electrons. The van der Waals surface area contributed by atoms with Gasteiger partial charge in [0.1, 0.15) is 11.2 Å². The van der Waals surface area contributed by atoms with Gasteiger partial charge in [-0.05, 0) is 69.4 Å². The molecule has 0 atom stereocenters. The number of hydrogen-bond acceptors (Lipinski definition) is 5. The lowest BCUT2D eigenvalue weighted by Gasteiger charge is -2.11. The predicted octanol–water partition coefficient (Wildman–Crippen LogP) is 13.6. The highest BCUT2D eigenvalue weighted by Crippen LogP contribution is 2.41. The van der Waals surface area contributed by atoms with Crippen LogP contribution in [0.3, 0.4) is 0 Å². The maximum atomic E-state index is 6.20. The Labute approximate surface area is 314 Å². The molecule has 0 aliphatic carbocycles. The van der Waals surface area contributed by atoms with Gasteiger partial charge in [0.25, 0.3) is 0 Å². The second-order valence-corrected chi connectivity index (χ2v) is 14.7. The Kier molecular flexibility index (Phi) is 7.00. The number of benzene rings is 8. The van der Waals surface area contributed by atoms with Crippen molar-refractivity contribution in [3.63, 3.8) is 0 Å². The highest BCUT2D eigenvalue weighted by atomic mass is 32.1. The molecular formula is C49H29N3OS. The van der Waals surface area contributed by atoms with E-state index in [0.29, 0.717) is 17.5 Å². The molecule has 8 aromatic carbocycles. The quantitative estimate of drug-likeness (QED) is 0.179. The lowest BCUT2D eigenvalue weighted by molar-refractivity contribution is 0.669. The molecule has 0 fully saturated rings. The van der Waals surface area contributed by atoms with Crippen molar-refractivity contribution >= 4 is 64.2 Å². The molecule has 11 rings (SSSR count). The number of furan rings is 1. The van der Waals surface area contributed by atoms with Crippen LogP contribution in [0.15, 0.2) is 180 Å². The van der Waals surface area contributed by atoms with Crippen molar-refractivity contribution in [3.05, 3.63) is 176 Å². The number of para-hydroxylation sites is 1. The van der Waals surface area contributed by atoms with Gasteiger partial charge in [-0.25, -0.2) is 15.0 Å². The third kappa shape index (κ3) is 5.09. The Bertz CT molecular complexity index is 3220. The molecule has 4 nitrogen and oxygen atoms in total. The summed E-state index contributed by atoms with van der Waals surface area (Å²) in [7, 11) is 0. The largest absolute Gasteiger partial charge is 0.456 e. The molecule has 0 unspecified atom stereocenters. The molecule has 0 saturated carbocycles. The van der Waals surface area contributed by atoms with Gasteiger partial charge in [-0.1, -0.05) is 140 Å². The van der Waals surface area contributed by atoms with Gasteiger partial charge in [0.2, 0.25) is 0 Å². The normalized spacial score (nSPS) is 11.7. The van der Waals surface area contributed by atoms with Crippen molar-refractivity contribution in [1.82, 2.24) is 15.0 Å². The topological polar surface area (TPSA) is 51.8 Å². The number of fused-ring (bicyclic) bond motifs is 7. The molecule has 54 heavy (non-hydrogen) atoms. The maximum Gasteiger partial charge on any atom is 0.164 e. The minimum atomic E-state index is 0.638. The first-order chi connectivity index (χ1) is 26.7. The fourth-order valence-electron chi connectivity index (χ4n) is 7.73. The first-order valence-corrected chi connectivity index (χ1v) is 18.8. The minimum Gasteiger partial charge on any atom is -0.456 e. The van der Waals surface area contributed by atoms with Crippen LogP contribution in [-0.2, 0) is 0 Å². The van der Waals surface area contributed by atoms with Gasteiger partial charge in [-0.15, -0.1) is 11.3 Å². The minimum absolute atomic E-state index is 0.638. The summed E-state index contributed by atoms with van der Waals surface area (Å²) in [6, 6.07) is 61.6. The van der Waals surface area contributed by atoms with E-state index in [1.807, 2.05) is 24.3 Å². The number of aromatic nitrogens is 3. The monoisotopic (exact) mass is 707 g/mol. The zero-order valence-electron chi connectivity index (χ0n) is 28.9. The number of nitrogens with zero attached hydrogens (tertiary/aromatic N) is 3. The van der Waals surface area contributed by atoms with Crippen molar-refractivity contribution in [2.45, 2.75) is 0 Å². The van der Waals surface area contributed by atoms with Gasteiger partial charge in [0.05, 0.1) is 0 Å². The highest BCUT2D eigenvalue weighted by molar-refractivity contribution is 7.25. The van der Waals surface area contributed by atoms with E-state index < -0.39 is 0 Å². The first-order valence-electron chi connectivity index (χ1n) is 18.0. The van der Waals surface area contributed by atoms with E-state index in [9.17, 15) is 0 Å². The van der Waals surface area contributed by atoms with Gasteiger partial charge in [-0.3, -0.25) is 0 Å². The van der Waals surface area contributed by atoms with Crippen molar-refractivity contribution in [1.29, 1.82) is 0 Å². The van der Waals surface area contributed by atoms with Crippen molar-refractivity contribution < 1.29 is 4.42 Å². The summed E-state index contributed by atoms with van der Waals surface area (Å²) in [6.07, 6.45) is 0. The van der Waals surface area contributed by atoms with E-state index in [-0.39, 0.29) is 0 Å². The molecule has 5 heteroatoms. The second kappa shape index (κ2) is 12.3. The zero-order valence-corrected chi connectivity index (χ0v) is 29.7. The van der Waals surface area contributed by atoms with Crippen LogP contribution in [0.1, 0.15) is 0 Å². The van der Waals surface area contributed by atoms with Crippen LogP contribution < -0.4 is 0 Å². The van der Waals surface area contributed by atoms with Crippen LogP contribution in [0, 0.1) is 0 Å². The Morgan fingerprint density at radius 3 is 1.78 bits per heavy atom. The van der Waals surface area contributed by atoms with Crippen LogP contribution in [-0.4, -0.2) is 15.0 Å². The standard InChI is InChI=1S/C49H29N3OS/c1-2-10-30(11-3-1)31-20-22-32(23-21-31)47-50-48(52-49(51-47)40-15-9-19-44-46(40)39-13-5-7-18-43(39)54-44)36-27-25-33-28-35(26-24-34(33)29-36)37-14-8-17-42-45(37)38-12-4-6-16-41(38)53-42/h1-29H. The molecule has 0 aliphatic heterocycles. The maximum absolute atomic E-state index is 6.20. The summed E-state index contributed by atoms with van der Waals surface area (Å²) in [6.45, 7) is 0. The third-order valence-electron chi connectivity index (χ3n) is 10.3. The summed E-state index contributed by atoms with van der Waals surface area (Å²) in [5, 5.41) is 6.90. The van der Waals surface area contributed by atoms with Gasteiger partial charge in [0, 0.05) is 47.6 Å². The van der Waals surface area contributed by atoms with Crippen LogP contribution >= 0.6 is 11.3 Å². The molecule has 0 N–H and O–H groups in total. The average Bonchev–Trinajstić information content (AvgIpc) is 3.82. The van der Waals surface area contributed by atoms with Crippen LogP contribution in [0.5, 0.6) is 0 Å². The van der Waals surface area contributed by atoms with Gasteiger partial charge >= 0.3 is 0 Å². The Balaban J connectivity index is 1.05. The Hall–Kier alpha value is -6.95. The predicted molar refractivity (Wildman–Crippen MR) is 225 cm³/mol. The lowest BCUT2D eigenvalue weighted by Crippen LogP contribution is -2.00. The van der Waals surface area contributed by atoms with Crippen molar-refractivity contribution in [3.8, 4) is 56.4 Å². The Morgan fingerprint density at radius 1 is 0.352 bits per heavy atom. The fourth-order valence-corrected chi connectivity index (χ4v) is 8.86. The SMILES string of the molecule is c1ccc(-c2ccc(-c3nc(-c4ccc5cc(-c6cccc7oc8ccccc8c67)ccc5c4)nc(-c4cccc5sc6ccccc6c45)n3)cc2)cc1. The summed E-state index contributed by atoms with van der Waals surface area (Å²) in [5.41, 5.74) is 9.29. The van der Waals surface area contributed by atoms with Gasteiger partial charge < -0.3 is 4.42 Å². The van der Waals surface area contributed by atoms with Gasteiger partial charge in [-0.2, -0.15) is 0 Å². The molecule has 0 bridgehead atoms. The van der Waals surface area contributed by atoms with E-state index in [4.69, 9.17) is 19.4 Å². The van der Waals surface area contributed by atoms with E-state index in [0.717, 1.165) is 66.1 Å². The number of thiophene rings is 1. The van der Waals surface area contributed by atoms with E-state index in [1.54, 1.807) is 11.3 Å². The van der Waals surface area contributed by atoms with E-state index >= 15 is 0 Å². The molecule has 0 spiro atoms. The van der Waals surface area contributed by atoms with Crippen molar-refractivity contribution in [2.75, 3.05) is 0 Å². The molecular weight excluding hydrogens is 679 g/mol. The molecule has 3 aromatic heterocycles. The average molecular weight is 708 g/mol. The number of rotatable bonds is 5. The lowest BCUT2D eigenvalue weighted by atomic mass is 9.96. The number of hydrogen-bond donors (Lipinski definition) is 0. The van der Waals surface area contributed by atoms with E-state index in [1.165, 1.54) is 25.7 Å².